The van der Waals surface area contributed by atoms with Gasteiger partial charge in [0.1, 0.15) is 47.9 Å². The average Bonchev–Trinajstić information content (AvgIpc) is 3.40. The summed E-state index contributed by atoms with van der Waals surface area (Å²) in [5.41, 5.74) is -2.74. The molecule has 2 aromatic heterocycles. The van der Waals surface area contributed by atoms with E-state index >= 15 is 0 Å². The fourth-order valence-electron chi connectivity index (χ4n) is 4.77. The Morgan fingerprint density at radius 1 is 1.12 bits per heavy atom. The van der Waals surface area contributed by atoms with Crippen LogP contribution in [0.4, 0.5) is 26.3 Å². The summed E-state index contributed by atoms with van der Waals surface area (Å²) in [6.07, 6.45) is -8.80. The Balaban J connectivity index is 1.65. The molecule has 0 saturated carbocycles. The minimum absolute atomic E-state index is 0.0801. The maximum absolute atomic E-state index is 13.8. The van der Waals surface area contributed by atoms with Gasteiger partial charge in [-0.3, -0.25) is 4.98 Å². The fraction of sp³-hybridized carbons (Fsp3) is 0.500. The number of benzene rings is 1. The van der Waals surface area contributed by atoms with E-state index in [9.17, 15) is 41.7 Å². The summed E-state index contributed by atoms with van der Waals surface area (Å²) in [7, 11) is 1.27. The molecule has 1 fully saturated rings. The second kappa shape index (κ2) is 12.2. The van der Waals surface area contributed by atoms with Crippen molar-refractivity contribution in [1.82, 2.24) is 20.0 Å². The van der Waals surface area contributed by atoms with Crippen LogP contribution in [-0.4, -0.2) is 85.1 Å². The number of aliphatic hydroxyl groups excluding tert-OH is 2. The van der Waals surface area contributed by atoms with Gasteiger partial charge in [0, 0.05) is 18.9 Å². The summed E-state index contributed by atoms with van der Waals surface area (Å²) in [5, 5.41) is 39.8. The number of aliphatic hydroxyl groups is 3. The van der Waals surface area contributed by atoms with E-state index in [2.05, 4.69) is 15.3 Å². The average molecular weight is 607 g/mol. The molecule has 1 saturated heterocycles. The molecule has 0 bridgehead atoms. The first-order chi connectivity index (χ1) is 19.6. The maximum Gasteiger partial charge on any atom is 0.433 e. The normalized spacial score (nSPS) is 24.1. The number of ether oxygens (including phenoxy) is 3. The molecule has 230 valence electrons. The first-order valence-electron chi connectivity index (χ1n) is 12.6. The van der Waals surface area contributed by atoms with Crippen LogP contribution in [0.3, 0.4) is 0 Å². The Labute approximate surface area is 235 Å². The van der Waals surface area contributed by atoms with Gasteiger partial charge in [0.25, 0.3) is 0 Å². The molecule has 3 heterocycles. The molecule has 10 nitrogen and oxygen atoms in total. The lowest BCUT2D eigenvalue weighted by molar-refractivity contribution is -0.264. The van der Waals surface area contributed by atoms with Crippen LogP contribution in [0, 0.1) is 17.5 Å². The molecule has 42 heavy (non-hydrogen) atoms. The summed E-state index contributed by atoms with van der Waals surface area (Å²) < 4.78 is 98.3. The van der Waals surface area contributed by atoms with Gasteiger partial charge in [-0.15, -0.1) is 5.10 Å². The third-order valence-corrected chi connectivity index (χ3v) is 6.81. The molecule has 4 rings (SSSR count). The molecule has 16 heteroatoms. The Morgan fingerprint density at radius 2 is 1.79 bits per heavy atom. The topological polar surface area (TPSA) is 132 Å². The zero-order chi connectivity index (χ0) is 31.0. The third-order valence-electron chi connectivity index (χ3n) is 6.81. The van der Waals surface area contributed by atoms with Gasteiger partial charge in [-0.05, 0) is 37.6 Å². The summed E-state index contributed by atoms with van der Waals surface area (Å²) in [6, 6.07) is 2.21. The largest absolute Gasteiger partial charge is 0.433 e. The lowest BCUT2D eigenvalue weighted by Crippen LogP contribution is -2.63. The smallest absolute Gasteiger partial charge is 0.394 e. The lowest BCUT2D eigenvalue weighted by Gasteiger charge is -2.48. The van der Waals surface area contributed by atoms with Crippen molar-refractivity contribution < 1.29 is 55.9 Å². The number of hydrogen-bond donors (Lipinski definition) is 3. The first kappa shape index (κ1) is 31.8. The molecule has 0 amide bonds. The predicted molar refractivity (Wildman–Crippen MR) is 131 cm³/mol. The number of alkyl halides is 3. The van der Waals surface area contributed by atoms with Gasteiger partial charge in [-0.2, -0.15) is 13.2 Å². The number of aromatic nitrogens is 4. The van der Waals surface area contributed by atoms with E-state index in [0.29, 0.717) is 12.1 Å². The Kier molecular flexibility index (Phi) is 9.25. The quantitative estimate of drug-likeness (QED) is 0.249. The number of hydrogen-bond acceptors (Lipinski definition) is 9. The van der Waals surface area contributed by atoms with Crippen molar-refractivity contribution in [3.63, 3.8) is 0 Å². The summed E-state index contributed by atoms with van der Waals surface area (Å²) >= 11 is 0. The highest BCUT2D eigenvalue weighted by molar-refractivity contribution is 5.58. The number of methoxy groups -OCH3 is 1. The molecule has 1 aromatic carbocycles. The van der Waals surface area contributed by atoms with Crippen molar-refractivity contribution in [2.24, 2.45) is 0 Å². The Morgan fingerprint density at radius 3 is 2.31 bits per heavy atom. The molecule has 0 aliphatic carbocycles. The van der Waals surface area contributed by atoms with Crippen LogP contribution in [0.15, 0.2) is 36.7 Å². The van der Waals surface area contributed by atoms with Crippen LogP contribution in [0.2, 0.25) is 0 Å². The van der Waals surface area contributed by atoms with E-state index in [1.165, 1.54) is 27.2 Å². The molecule has 1 aliphatic rings. The van der Waals surface area contributed by atoms with Crippen LogP contribution in [-0.2, 0) is 27.0 Å². The van der Waals surface area contributed by atoms with E-state index in [0.717, 1.165) is 23.0 Å². The second-order valence-corrected chi connectivity index (χ2v) is 10.3. The maximum atomic E-state index is 13.8. The number of pyridine rings is 1. The summed E-state index contributed by atoms with van der Waals surface area (Å²) in [6.45, 7) is 1.78. The molecular weight excluding hydrogens is 578 g/mol. The van der Waals surface area contributed by atoms with Gasteiger partial charge in [0.15, 0.2) is 17.5 Å². The minimum atomic E-state index is -4.63. The van der Waals surface area contributed by atoms with Crippen LogP contribution in [0.5, 0.6) is 0 Å². The minimum Gasteiger partial charge on any atom is -0.394 e. The van der Waals surface area contributed by atoms with Crippen LogP contribution in [0.1, 0.15) is 31.1 Å². The lowest BCUT2D eigenvalue weighted by atomic mass is 9.85. The van der Waals surface area contributed by atoms with Gasteiger partial charge in [0.05, 0.1) is 25.0 Å². The SMILES string of the molecule is COC1[C@H]([C@H](OCc2ccc(C(F)(F)F)nc2)C(C)(C)O)OC(CO)[C@H](O)[C@@H]1n1cc(-c2cc(F)c(F)c(F)c2)nn1. The van der Waals surface area contributed by atoms with Crippen LogP contribution in [0.25, 0.3) is 11.3 Å². The van der Waals surface area contributed by atoms with E-state index in [-0.39, 0.29) is 23.4 Å². The summed E-state index contributed by atoms with van der Waals surface area (Å²) in [5.74, 6) is -4.56. The highest BCUT2D eigenvalue weighted by Gasteiger charge is 2.53. The van der Waals surface area contributed by atoms with E-state index in [1.54, 1.807) is 0 Å². The van der Waals surface area contributed by atoms with Gasteiger partial charge >= 0.3 is 6.18 Å². The number of rotatable bonds is 9. The molecule has 1 aliphatic heterocycles. The standard InChI is InChI=1S/C26H28F6N4O6/c1-25(2,39)24(41-11-12-4-5-18(33-8-12)26(30,31)32)23-22(40-3)20(21(38)17(10-37)42-23)36-9-16(34-35-36)13-6-14(27)19(29)15(28)7-13/h4-9,17,20-24,37-39H,10-11H2,1-3H3/t17?,20-,21-,22?,23+,24-/m0/s1. The number of nitrogens with zero attached hydrogens (tertiary/aromatic N) is 4. The van der Waals surface area contributed by atoms with Gasteiger partial charge < -0.3 is 29.5 Å². The van der Waals surface area contributed by atoms with Crippen molar-refractivity contribution in [3.05, 3.63) is 65.4 Å². The molecule has 2 unspecified atom stereocenters. The Hall–Kier alpha value is -3.15. The van der Waals surface area contributed by atoms with E-state index in [1.807, 2.05) is 0 Å². The van der Waals surface area contributed by atoms with Gasteiger partial charge in [-0.1, -0.05) is 11.3 Å². The van der Waals surface area contributed by atoms with Crippen LogP contribution < -0.4 is 0 Å². The van der Waals surface area contributed by atoms with E-state index in [4.69, 9.17) is 14.2 Å². The van der Waals surface area contributed by atoms with Crippen molar-refractivity contribution in [2.75, 3.05) is 13.7 Å². The van der Waals surface area contributed by atoms with Gasteiger partial charge in [-0.25, -0.2) is 17.9 Å². The summed E-state index contributed by atoms with van der Waals surface area (Å²) in [4.78, 5) is 3.39. The Bertz CT molecular complexity index is 1340. The zero-order valence-electron chi connectivity index (χ0n) is 22.5. The predicted octanol–water partition coefficient (Wildman–Crippen LogP) is 2.81. The molecular formula is C26H28F6N4O6. The second-order valence-electron chi connectivity index (χ2n) is 10.3. The fourth-order valence-corrected chi connectivity index (χ4v) is 4.77. The first-order valence-corrected chi connectivity index (χ1v) is 12.6. The monoisotopic (exact) mass is 606 g/mol. The van der Waals surface area contributed by atoms with Crippen molar-refractivity contribution >= 4 is 0 Å². The highest BCUT2D eigenvalue weighted by Crippen LogP contribution is 2.37. The number of halogens is 6. The molecule has 3 N–H and O–H groups in total. The molecule has 3 aromatic rings. The molecule has 0 spiro atoms. The third kappa shape index (κ3) is 6.58. The van der Waals surface area contributed by atoms with Crippen molar-refractivity contribution in [3.8, 4) is 11.3 Å². The highest BCUT2D eigenvalue weighted by atomic mass is 19.4. The molecule has 0 radical (unpaired) electrons. The zero-order valence-corrected chi connectivity index (χ0v) is 22.5. The van der Waals surface area contributed by atoms with Crippen molar-refractivity contribution in [2.45, 2.75) is 68.8 Å². The molecule has 6 atom stereocenters. The van der Waals surface area contributed by atoms with Crippen LogP contribution >= 0.6 is 0 Å². The van der Waals surface area contributed by atoms with Gasteiger partial charge in [0.2, 0.25) is 0 Å². The van der Waals surface area contributed by atoms with Crippen molar-refractivity contribution in [1.29, 1.82) is 0 Å². The van der Waals surface area contributed by atoms with E-state index < -0.39 is 78.1 Å².